The summed E-state index contributed by atoms with van der Waals surface area (Å²) >= 11 is 0. The van der Waals surface area contributed by atoms with Crippen LogP contribution in [-0.2, 0) is 16.0 Å². The van der Waals surface area contributed by atoms with Crippen molar-refractivity contribution >= 4 is 11.9 Å². The van der Waals surface area contributed by atoms with Crippen molar-refractivity contribution in [2.24, 2.45) is 11.8 Å². The van der Waals surface area contributed by atoms with E-state index < -0.39 is 11.9 Å². The zero-order chi connectivity index (χ0) is 14.3. The molecule has 0 spiro atoms. The fraction of sp³-hybridized carbons (Fsp3) is 0.500. The number of hydrogen-bond acceptors (Lipinski definition) is 3. The molecule has 0 aliphatic heterocycles. The van der Waals surface area contributed by atoms with Crippen molar-refractivity contribution in [2.75, 3.05) is 6.54 Å². The lowest BCUT2D eigenvalue weighted by Gasteiger charge is -2.15. The topological polar surface area (TPSA) is 79.3 Å². The fourth-order valence-corrected chi connectivity index (χ4v) is 1.83. The van der Waals surface area contributed by atoms with Gasteiger partial charge in [0.1, 0.15) is 0 Å². The van der Waals surface area contributed by atoms with Crippen LogP contribution in [-0.4, -0.2) is 28.5 Å². The summed E-state index contributed by atoms with van der Waals surface area (Å²) in [6, 6.07) is 3.53. The first kappa shape index (κ1) is 15.1. The van der Waals surface area contributed by atoms with Crippen LogP contribution in [0.15, 0.2) is 24.5 Å². The van der Waals surface area contributed by atoms with Crippen LogP contribution in [0.25, 0.3) is 0 Å². The van der Waals surface area contributed by atoms with Crippen LogP contribution in [0, 0.1) is 11.8 Å². The van der Waals surface area contributed by atoms with Crippen LogP contribution in [0.2, 0.25) is 0 Å². The van der Waals surface area contributed by atoms with E-state index in [0.29, 0.717) is 6.42 Å². The minimum absolute atomic E-state index is 0.166. The fourth-order valence-electron chi connectivity index (χ4n) is 1.83. The standard InChI is InChI=1S/C14H20N2O3/c1-10(2)7-12(14(18)19)9-16-13(17)8-11-3-5-15-6-4-11/h3-6,10,12H,7-9H2,1-2H3,(H,16,17)(H,18,19). The zero-order valence-corrected chi connectivity index (χ0v) is 11.3. The Hall–Kier alpha value is -1.91. The predicted molar refractivity (Wildman–Crippen MR) is 71.5 cm³/mol. The van der Waals surface area contributed by atoms with E-state index in [0.717, 1.165) is 5.56 Å². The Bertz CT molecular complexity index is 418. The summed E-state index contributed by atoms with van der Waals surface area (Å²) in [6.07, 6.45) is 4.06. The zero-order valence-electron chi connectivity index (χ0n) is 11.3. The van der Waals surface area contributed by atoms with Crippen molar-refractivity contribution < 1.29 is 14.7 Å². The van der Waals surface area contributed by atoms with Gasteiger partial charge in [0.05, 0.1) is 12.3 Å². The number of carboxylic acid groups (broad SMARTS) is 1. The summed E-state index contributed by atoms with van der Waals surface area (Å²) < 4.78 is 0. The van der Waals surface area contributed by atoms with Crippen LogP contribution in [0.3, 0.4) is 0 Å². The van der Waals surface area contributed by atoms with Gasteiger partial charge in [0.25, 0.3) is 0 Å². The number of aliphatic carboxylic acids is 1. The summed E-state index contributed by atoms with van der Waals surface area (Å²) in [5.41, 5.74) is 0.864. The van der Waals surface area contributed by atoms with Crippen LogP contribution in [0.1, 0.15) is 25.8 Å². The van der Waals surface area contributed by atoms with E-state index in [1.165, 1.54) is 0 Å². The quantitative estimate of drug-likeness (QED) is 0.782. The third-order valence-electron chi connectivity index (χ3n) is 2.76. The molecular formula is C14H20N2O3. The maximum absolute atomic E-state index is 11.7. The van der Waals surface area contributed by atoms with Gasteiger partial charge in [0.15, 0.2) is 0 Å². The van der Waals surface area contributed by atoms with Gasteiger partial charge < -0.3 is 10.4 Å². The van der Waals surface area contributed by atoms with E-state index in [-0.39, 0.29) is 24.8 Å². The number of rotatable bonds is 7. The lowest BCUT2D eigenvalue weighted by Crippen LogP contribution is -2.34. The Morgan fingerprint density at radius 3 is 2.47 bits per heavy atom. The number of pyridine rings is 1. The molecule has 0 aliphatic rings. The SMILES string of the molecule is CC(C)CC(CNC(=O)Cc1ccncc1)C(=O)O. The minimum Gasteiger partial charge on any atom is -0.481 e. The molecular weight excluding hydrogens is 244 g/mol. The summed E-state index contributed by atoms with van der Waals surface area (Å²) in [4.78, 5) is 26.6. The Balaban J connectivity index is 2.42. The van der Waals surface area contributed by atoms with Crippen LogP contribution < -0.4 is 5.32 Å². The first-order chi connectivity index (χ1) is 8.99. The van der Waals surface area contributed by atoms with Crippen molar-refractivity contribution in [1.82, 2.24) is 10.3 Å². The van der Waals surface area contributed by atoms with Crippen molar-refractivity contribution in [3.8, 4) is 0 Å². The number of aromatic nitrogens is 1. The summed E-state index contributed by atoms with van der Waals surface area (Å²) in [7, 11) is 0. The number of nitrogens with one attached hydrogen (secondary N) is 1. The minimum atomic E-state index is -0.863. The molecule has 5 nitrogen and oxygen atoms in total. The van der Waals surface area contributed by atoms with Gasteiger partial charge in [-0.1, -0.05) is 13.8 Å². The lowest BCUT2D eigenvalue weighted by atomic mass is 9.97. The molecule has 0 radical (unpaired) electrons. The van der Waals surface area contributed by atoms with Gasteiger partial charge in [-0.25, -0.2) is 0 Å². The highest BCUT2D eigenvalue weighted by molar-refractivity contribution is 5.79. The highest BCUT2D eigenvalue weighted by Crippen LogP contribution is 2.11. The Labute approximate surface area is 113 Å². The number of nitrogens with zero attached hydrogens (tertiary/aromatic N) is 1. The van der Waals surface area contributed by atoms with Gasteiger partial charge >= 0.3 is 5.97 Å². The second-order valence-electron chi connectivity index (χ2n) is 5.00. The summed E-state index contributed by atoms with van der Waals surface area (Å²) in [5, 5.41) is 11.7. The van der Waals surface area contributed by atoms with Crippen molar-refractivity contribution in [3.05, 3.63) is 30.1 Å². The first-order valence-corrected chi connectivity index (χ1v) is 6.37. The molecule has 1 aromatic heterocycles. The monoisotopic (exact) mass is 264 g/mol. The molecule has 1 heterocycles. The third-order valence-corrected chi connectivity index (χ3v) is 2.76. The highest BCUT2D eigenvalue weighted by atomic mass is 16.4. The molecule has 1 unspecified atom stereocenters. The highest BCUT2D eigenvalue weighted by Gasteiger charge is 2.19. The second kappa shape index (κ2) is 7.51. The maximum atomic E-state index is 11.7. The maximum Gasteiger partial charge on any atom is 0.308 e. The molecule has 0 bridgehead atoms. The lowest BCUT2D eigenvalue weighted by molar-refractivity contribution is -0.142. The second-order valence-corrected chi connectivity index (χ2v) is 5.00. The molecule has 0 saturated heterocycles. The Morgan fingerprint density at radius 1 is 1.32 bits per heavy atom. The first-order valence-electron chi connectivity index (χ1n) is 6.37. The molecule has 19 heavy (non-hydrogen) atoms. The average Bonchev–Trinajstić information content (AvgIpc) is 2.35. The van der Waals surface area contributed by atoms with Gasteiger partial charge in [-0.15, -0.1) is 0 Å². The molecule has 5 heteroatoms. The largest absolute Gasteiger partial charge is 0.481 e. The van der Waals surface area contributed by atoms with Crippen molar-refractivity contribution in [1.29, 1.82) is 0 Å². The summed E-state index contributed by atoms with van der Waals surface area (Å²) in [5.74, 6) is -1.27. The number of carbonyl (C=O) groups excluding carboxylic acids is 1. The van der Waals surface area contributed by atoms with Gasteiger partial charge in [0.2, 0.25) is 5.91 Å². The van der Waals surface area contributed by atoms with Crippen LogP contribution in [0.5, 0.6) is 0 Å². The summed E-state index contributed by atoms with van der Waals surface area (Å²) in [6.45, 7) is 4.11. The molecule has 0 fully saturated rings. The van der Waals surface area contributed by atoms with Crippen molar-refractivity contribution in [2.45, 2.75) is 26.7 Å². The van der Waals surface area contributed by atoms with E-state index in [1.54, 1.807) is 24.5 Å². The number of hydrogen-bond donors (Lipinski definition) is 2. The van der Waals surface area contributed by atoms with Gasteiger partial charge in [-0.2, -0.15) is 0 Å². The van der Waals surface area contributed by atoms with E-state index in [2.05, 4.69) is 10.3 Å². The molecule has 0 aliphatic carbocycles. The van der Waals surface area contributed by atoms with Gasteiger partial charge in [-0.05, 0) is 30.0 Å². The van der Waals surface area contributed by atoms with E-state index in [9.17, 15) is 9.59 Å². The molecule has 0 aromatic carbocycles. The number of amides is 1. The molecule has 104 valence electrons. The molecule has 2 N–H and O–H groups in total. The van der Waals surface area contributed by atoms with Crippen LogP contribution >= 0.6 is 0 Å². The molecule has 0 saturated carbocycles. The smallest absolute Gasteiger partial charge is 0.308 e. The molecule has 1 atom stereocenters. The van der Waals surface area contributed by atoms with Gasteiger partial charge in [0, 0.05) is 18.9 Å². The molecule has 1 aromatic rings. The van der Waals surface area contributed by atoms with E-state index in [4.69, 9.17) is 5.11 Å². The number of carbonyl (C=O) groups is 2. The number of carboxylic acids is 1. The molecule has 1 amide bonds. The Kier molecular flexibility index (Phi) is 5.99. The average molecular weight is 264 g/mol. The predicted octanol–water partition coefficient (Wildman–Crippen LogP) is 1.49. The molecule has 1 rings (SSSR count). The van der Waals surface area contributed by atoms with E-state index in [1.807, 2.05) is 13.8 Å². The third kappa shape index (κ3) is 5.99. The van der Waals surface area contributed by atoms with Gasteiger partial charge in [-0.3, -0.25) is 14.6 Å². The normalized spacial score (nSPS) is 12.2. The van der Waals surface area contributed by atoms with Crippen molar-refractivity contribution in [3.63, 3.8) is 0 Å². The Morgan fingerprint density at radius 2 is 1.95 bits per heavy atom. The van der Waals surface area contributed by atoms with E-state index >= 15 is 0 Å². The van der Waals surface area contributed by atoms with Crippen LogP contribution in [0.4, 0.5) is 0 Å².